The molecule has 5 rings (SSSR count). The average Bonchev–Trinajstić information content (AvgIpc) is 3.39. The predicted molar refractivity (Wildman–Crippen MR) is 108 cm³/mol. The Morgan fingerprint density at radius 2 is 2.17 bits per heavy atom. The summed E-state index contributed by atoms with van der Waals surface area (Å²) in [5, 5.41) is 4.06. The Kier molecular flexibility index (Phi) is 4.35. The number of aryl methyl sites for hydroxylation is 1. The fraction of sp³-hybridized carbons (Fsp3) is 0.455. The van der Waals surface area contributed by atoms with Gasteiger partial charge < -0.3 is 9.26 Å². The van der Waals surface area contributed by atoms with Crippen molar-refractivity contribution in [3.63, 3.8) is 0 Å². The number of likely N-dealkylation sites (tertiary alicyclic amines) is 1. The van der Waals surface area contributed by atoms with E-state index in [4.69, 9.17) is 9.26 Å². The summed E-state index contributed by atoms with van der Waals surface area (Å²) in [6, 6.07) is 6.61. The number of hydrogen-bond donors (Lipinski definition) is 0. The molecule has 0 amide bonds. The third-order valence-corrected chi connectivity index (χ3v) is 5.70. The summed E-state index contributed by atoms with van der Waals surface area (Å²) in [7, 11) is 0. The summed E-state index contributed by atoms with van der Waals surface area (Å²) < 4.78 is 11.2. The molecule has 0 spiro atoms. The average molecular weight is 391 g/mol. The van der Waals surface area contributed by atoms with Crippen LogP contribution in [0, 0.1) is 6.92 Å². The molecule has 1 aromatic carbocycles. The maximum Gasteiger partial charge on any atom is 0.223 e. The molecule has 1 atom stereocenters. The Morgan fingerprint density at radius 1 is 1.28 bits per heavy atom. The molecule has 0 aliphatic carbocycles. The van der Waals surface area contributed by atoms with Gasteiger partial charge in [0.2, 0.25) is 11.7 Å². The third-order valence-electron chi connectivity index (χ3n) is 5.70. The highest BCUT2D eigenvalue weighted by molar-refractivity contribution is 5.57. The van der Waals surface area contributed by atoms with Crippen molar-refractivity contribution in [2.24, 2.45) is 0 Å². The highest BCUT2D eigenvalue weighted by atomic mass is 16.5. The highest BCUT2D eigenvalue weighted by Gasteiger charge is 2.31. The van der Waals surface area contributed by atoms with Gasteiger partial charge in [0, 0.05) is 38.5 Å². The number of ether oxygens (including phenoxy) is 1. The molecule has 2 aliphatic rings. The Bertz CT molecular complexity index is 1050. The van der Waals surface area contributed by atoms with Gasteiger partial charge in [0.05, 0.1) is 11.3 Å². The van der Waals surface area contributed by atoms with Gasteiger partial charge in [-0.3, -0.25) is 4.90 Å². The van der Waals surface area contributed by atoms with Crippen molar-refractivity contribution in [3.8, 4) is 17.1 Å². The molecule has 0 radical (unpaired) electrons. The zero-order valence-corrected chi connectivity index (χ0v) is 17.1. The summed E-state index contributed by atoms with van der Waals surface area (Å²) in [6.07, 6.45) is 5.42. The van der Waals surface area contributed by atoms with Gasteiger partial charge in [-0.2, -0.15) is 4.98 Å². The monoisotopic (exact) mass is 391 g/mol. The van der Waals surface area contributed by atoms with E-state index in [1.54, 1.807) is 19.4 Å². The predicted octanol–water partition coefficient (Wildman–Crippen LogP) is 3.54. The van der Waals surface area contributed by atoms with E-state index in [0.29, 0.717) is 17.6 Å². The molecule has 3 aromatic rings. The first-order chi connectivity index (χ1) is 14.0. The summed E-state index contributed by atoms with van der Waals surface area (Å²) >= 11 is 0. The highest BCUT2D eigenvalue weighted by Crippen LogP contribution is 2.36. The lowest BCUT2D eigenvalue weighted by Gasteiger charge is -2.17. The van der Waals surface area contributed by atoms with E-state index in [-0.39, 0.29) is 5.60 Å². The second-order valence-corrected chi connectivity index (χ2v) is 8.66. The van der Waals surface area contributed by atoms with E-state index >= 15 is 0 Å². The molecule has 29 heavy (non-hydrogen) atoms. The maximum absolute atomic E-state index is 6.00. The summed E-state index contributed by atoms with van der Waals surface area (Å²) in [4.78, 5) is 15.6. The minimum atomic E-state index is -0.101. The lowest BCUT2D eigenvalue weighted by Crippen LogP contribution is -2.24. The second-order valence-electron chi connectivity index (χ2n) is 8.66. The fourth-order valence-electron chi connectivity index (χ4n) is 4.46. The first-order valence-corrected chi connectivity index (χ1v) is 10.1. The van der Waals surface area contributed by atoms with Crippen molar-refractivity contribution in [1.82, 2.24) is 25.0 Å². The molecule has 2 aliphatic heterocycles. The molecule has 2 aromatic heterocycles. The van der Waals surface area contributed by atoms with Crippen molar-refractivity contribution in [1.29, 1.82) is 0 Å². The topological polar surface area (TPSA) is 77.2 Å². The molecule has 0 saturated carbocycles. The molecular weight excluding hydrogens is 366 g/mol. The Morgan fingerprint density at radius 3 is 3.00 bits per heavy atom. The number of fused-ring (bicyclic) bond motifs is 1. The van der Waals surface area contributed by atoms with Gasteiger partial charge in [0.25, 0.3) is 0 Å². The van der Waals surface area contributed by atoms with Crippen LogP contribution >= 0.6 is 0 Å². The maximum atomic E-state index is 6.00. The largest absolute Gasteiger partial charge is 0.487 e. The molecule has 7 heteroatoms. The Balaban J connectivity index is 1.31. The zero-order chi connectivity index (χ0) is 20.0. The Hall–Kier alpha value is -2.80. The van der Waals surface area contributed by atoms with Crippen molar-refractivity contribution < 1.29 is 9.26 Å². The number of rotatable bonds is 4. The SMILES string of the molecule is Cc1nc(-c2cncnc2[C@H]2CCN(Cc3ccc4c(c3)CC(C)(C)O4)C2)no1. The van der Waals surface area contributed by atoms with Crippen LogP contribution in [0.3, 0.4) is 0 Å². The van der Waals surface area contributed by atoms with Crippen LogP contribution < -0.4 is 4.74 Å². The Labute approximate surface area is 170 Å². The van der Waals surface area contributed by atoms with Gasteiger partial charge in [-0.15, -0.1) is 0 Å². The van der Waals surface area contributed by atoms with Gasteiger partial charge in [0.15, 0.2) is 0 Å². The van der Waals surface area contributed by atoms with E-state index in [1.165, 1.54) is 11.1 Å². The third kappa shape index (κ3) is 3.62. The first-order valence-electron chi connectivity index (χ1n) is 10.1. The van der Waals surface area contributed by atoms with E-state index in [1.807, 2.05) is 0 Å². The van der Waals surface area contributed by atoms with E-state index in [9.17, 15) is 0 Å². The normalized spacial score (nSPS) is 20.6. The first kappa shape index (κ1) is 18.2. The number of hydrogen-bond acceptors (Lipinski definition) is 7. The number of nitrogens with zero attached hydrogens (tertiary/aromatic N) is 5. The van der Waals surface area contributed by atoms with Crippen LogP contribution in [-0.4, -0.2) is 43.7 Å². The van der Waals surface area contributed by atoms with Gasteiger partial charge in [0.1, 0.15) is 17.7 Å². The summed E-state index contributed by atoms with van der Waals surface area (Å²) in [5.41, 5.74) is 4.42. The molecule has 0 bridgehead atoms. The van der Waals surface area contributed by atoms with Gasteiger partial charge in [-0.05, 0) is 44.0 Å². The van der Waals surface area contributed by atoms with Crippen LogP contribution in [0.15, 0.2) is 35.2 Å². The summed E-state index contributed by atoms with van der Waals surface area (Å²) in [6.45, 7) is 9.01. The molecular formula is C22H25N5O2. The van der Waals surface area contributed by atoms with Crippen LogP contribution in [0.5, 0.6) is 5.75 Å². The van der Waals surface area contributed by atoms with Crippen LogP contribution in [0.1, 0.15) is 48.9 Å². The lowest BCUT2D eigenvalue weighted by atomic mass is 9.99. The van der Waals surface area contributed by atoms with Crippen molar-refractivity contribution in [3.05, 3.63) is 53.4 Å². The lowest BCUT2D eigenvalue weighted by molar-refractivity contribution is 0.138. The van der Waals surface area contributed by atoms with Crippen LogP contribution in [0.25, 0.3) is 11.4 Å². The van der Waals surface area contributed by atoms with Gasteiger partial charge >= 0.3 is 0 Å². The molecule has 0 unspecified atom stereocenters. The molecule has 0 N–H and O–H groups in total. The molecule has 4 heterocycles. The second kappa shape index (κ2) is 6.91. The minimum Gasteiger partial charge on any atom is -0.487 e. The number of benzene rings is 1. The van der Waals surface area contributed by atoms with Gasteiger partial charge in [-0.1, -0.05) is 17.3 Å². The summed E-state index contributed by atoms with van der Waals surface area (Å²) in [5.74, 6) is 2.48. The van der Waals surface area contributed by atoms with E-state index < -0.39 is 0 Å². The van der Waals surface area contributed by atoms with E-state index in [0.717, 1.165) is 49.5 Å². The molecule has 1 fully saturated rings. The van der Waals surface area contributed by atoms with E-state index in [2.05, 4.69) is 57.1 Å². The zero-order valence-electron chi connectivity index (χ0n) is 17.1. The van der Waals surface area contributed by atoms with Crippen molar-refractivity contribution in [2.75, 3.05) is 13.1 Å². The minimum absolute atomic E-state index is 0.101. The van der Waals surface area contributed by atoms with Gasteiger partial charge in [-0.25, -0.2) is 9.97 Å². The fourth-order valence-corrected chi connectivity index (χ4v) is 4.46. The quantitative estimate of drug-likeness (QED) is 0.673. The van der Waals surface area contributed by atoms with Crippen molar-refractivity contribution >= 4 is 0 Å². The van der Waals surface area contributed by atoms with Crippen LogP contribution in [0.4, 0.5) is 0 Å². The van der Waals surface area contributed by atoms with Crippen LogP contribution in [0.2, 0.25) is 0 Å². The standard InChI is InChI=1S/C22H25N5O2/c1-14-25-21(26-29-14)18-10-23-13-24-20(18)16-6-7-27(12-16)11-15-4-5-19-17(8-15)9-22(2,3)28-19/h4-5,8,10,13,16H,6-7,9,11-12H2,1-3H3/t16-/m0/s1. The number of aromatic nitrogens is 4. The smallest absolute Gasteiger partial charge is 0.223 e. The van der Waals surface area contributed by atoms with Crippen LogP contribution in [-0.2, 0) is 13.0 Å². The van der Waals surface area contributed by atoms with Crippen molar-refractivity contribution in [2.45, 2.75) is 51.7 Å². The molecule has 1 saturated heterocycles. The molecule has 7 nitrogen and oxygen atoms in total. The molecule has 150 valence electrons.